The Kier molecular flexibility index (Phi) is 5.94. The summed E-state index contributed by atoms with van der Waals surface area (Å²) in [6.45, 7) is 5.43. The minimum Gasteiger partial charge on any atom is -0.352 e. The van der Waals surface area contributed by atoms with Crippen LogP contribution in [0.15, 0.2) is 67.0 Å². The van der Waals surface area contributed by atoms with Crippen molar-refractivity contribution >= 4 is 34.6 Å². The minimum absolute atomic E-state index is 0.000971. The zero-order valence-corrected chi connectivity index (χ0v) is 21.4. The normalized spacial score (nSPS) is 17.4. The van der Waals surface area contributed by atoms with E-state index in [2.05, 4.69) is 15.6 Å². The number of likely N-dealkylation sites (tertiary alicyclic amines) is 1. The molecule has 2 aromatic carbocycles. The number of benzene rings is 2. The number of hydrogen-bond acceptors (Lipinski definition) is 5. The number of pyridine rings is 1. The first-order valence-electron chi connectivity index (χ1n) is 12.9. The molecule has 4 aromatic rings. The molecule has 2 aliphatic rings. The SMILES string of the molecule is CC(=O)C(C)C1CCN(C(=O)c2ccc(Nc3ccc(-c4ccc5c(c4)CNC5=O)n4ccnc34)cc2)C1. The monoisotopic (exact) mass is 507 g/mol. The number of amides is 2. The number of carbonyl (C=O) groups excluding carboxylic acids is 3. The van der Waals surface area contributed by atoms with Crippen molar-refractivity contribution in [3.63, 3.8) is 0 Å². The molecule has 2 unspecified atom stereocenters. The zero-order chi connectivity index (χ0) is 26.4. The van der Waals surface area contributed by atoms with Gasteiger partial charge in [-0.3, -0.25) is 18.8 Å². The predicted octanol–water partition coefficient (Wildman–Crippen LogP) is 4.68. The van der Waals surface area contributed by atoms with Crippen LogP contribution in [0.5, 0.6) is 0 Å². The van der Waals surface area contributed by atoms with Gasteiger partial charge in [0.05, 0.1) is 11.4 Å². The zero-order valence-electron chi connectivity index (χ0n) is 21.4. The predicted molar refractivity (Wildman–Crippen MR) is 145 cm³/mol. The first kappa shape index (κ1) is 23.9. The quantitative estimate of drug-likeness (QED) is 0.395. The van der Waals surface area contributed by atoms with Crippen molar-refractivity contribution in [3.8, 4) is 11.3 Å². The Hall–Kier alpha value is -4.46. The number of fused-ring (bicyclic) bond motifs is 2. The number of hydrogen-bond donors (Lipinski definition) is 2. The molecule has 0 bridgehead atoms. The Bertz CT molecular complexity index is 1570. The van der Waals surface area contributed by atoms with E-state index in [9.17, 15) is 14.4 Å². The van der Waals surface area contributed by atoms with Crippen LogP contribution in [0.2, 0.25) is 0 Å². The van der Waals surface area contributed by atoms with Gasteiger partial charge in [-0.1, -0.05) is 13.0 Å². The minimum atomic E-state index is -0.0289. The summed E-state index contributed by atoms with van der Waals surface area (Å²) in [5.74, 6) is 0.364. The summed E-state index contributed by atoms with van der Waals surface area (Å²) in [7, 11) is 0. The van der Waals surface area contributed by atoms with Crippen molar-refractivity contribution in [1.82, 2.24) is 19.6 Å². The Labute approximate surface area is 220 Å². The fourth-order valence-corrected chi connectivity index (χ4v) is 5.48. The molecule has 0 radical (unpaired) electrons. The van der Waals surface area contributed by atoms with Crippen LogP contribution < -0.4 is 10.6 Å². The van der Waals surface area contributed by atoms with Crippen LogP contribution in [-0.2, 0) is 11.3 Å². The van der Waals surface area contributed by atoms with E-state index in [1.54, 1.807) is 13.1 Å². The van der Waals surface area contributed by atoms with E-state index >= 15 is 0 Å². The highest BCUT2D eigenvalue weighted by atomic mass is 16.2. The van der Waals surface area contributed by atoms with E-state index in [1.807, 2.05) is 77.0 Å². The van der Waals surface area contributed by atoms with Crippen LogP contribution in [0.1, 0.15) is 46.5 Å². The van der Waals surface area contributed by atoms with Crippen LogP contribution >= 0.6 is 0 Å². The second-order valence-electron chi connectivity index (χ2n) is 10.2. The molecule has 8 nitrogen and oxygen atoms in total. The molecule has 0 saturated carbocycles. The molecule has 192 valence electrons. The number of carbonyl (C=O) groups is 3. The summed E-state index contributed by atoms with van der Waals surface area (Å²) in [6.07, 6.45) is 4.55. The summed E-state index contributed by atoms with van der Waals surface area (Å²) in [4.78, 5) is 43.1. The number of nitrogens with zero attached hydrogens (tertiary/aromatic N) is 3. The lowest BCUT2D eigenvalue weighted by Crippen LogP contribution is -2.30. The van der Waals surface area contributed by atoms with Crippen molar-refractivity contribution in [2.24, 2.45) is 11.8 Å². The molecule has 1 saturated heterocycles. The van der Waals surface area contributed by atoms with E-state index in [4.69, 9.17) is 0 Å². The third kappa shape index (κ3) is 4.22. The summed E-state index contributed by atoms with van der Waals surface area (Å²) < 4.78 is 2.03. The van der Waals surface area contributed by atoms with Gasteiger partial charge in [-0.2, -0.15) is 0 Å². The third-order valence-corrected chi connectivity index (χ3v) is 7.91. The Morgan fingerprint density at radius 2 is 1.92 bits per heavy atom. The molecular formula is C30H29N5O3. The molecule has 0 spiro atoms. The number of Topliss-reactive ketones (excluding diaryl/α,β-unsaturated/α-hetero) is 1. The summed E-state index contributed by atoms with van der Waals surface area (Å²) in [5, 5.41) is 6.29. The first-order valence-corrected chi connectivity index (χ1v) is 12.9. The summed E-state index contributed by atoms with van der Waals surface area (Å²) in [6, 6.07) is 17.4. The topological polar surface area (TPSA) is 95.8 Å². The number of rotatable bonds is 6. The van der Waals surface area contributed by atoms with Crippen molar-refractivity contribution in [1.29, 1.82) is 0 Å². The maximum absolute atomic E-state index is 13.0. The third-order valence-electron chi connectivity index (χ3n) is 7.91. The fourth-order valence-electron chi connectivity index (χ4n) is 5.48. The smallest absolute Gasteiger partial charge is 0.253 e. The van der Waals surface area contributed by atoms with Gasteiger partial charge in [0.15, 0.2) is 5.65 Å². The van der Waals surface area contributed by atoms with Crippen LogP contribution in [0.4, 0.5) is 11.4 Å². The highest BCUT2D eigenvalue weighted by Crippen LogP contribution is 2.30. The average Bonchev–Trinajstić information content (AvgIpc) is 3.69. The van der Waals surface area contributed by atoms with Crippen molar-refractivity contribution in [2.45, 2.75) is 26.8 Å². The molecule has 2 atom stereocenters. The van der Waals surface area contributed by atoms with Gasteiger partial charge in [-0.25, -0.2) is 4.98 Å². The number of ketones is 1. The molecule has 0 aliphatic carbocycles. The maximum Gasteiger partial charge on any atom is 0.253 e. The average molecular weight is 508 g/mol. The van der Waals surface area contributed by atoms with Crippen molar-refractivity contribution in [2.75, 3.05) is 18.4 Å². The Morgan fingerprint density at radius 1 is 1.11 bits per heavy atom. The number of aromatic nitrogens is 2. The molecule has 2 aliphatic heterocycles. The second-order valence-corrected chi connectivity index (χ2v) is 10.2. The van der Waals surface area contributed by atoms with E-state index in [0.29, 0.717) is 25.2 Å². The number of nitrogens with one attached hydrogen (secondary N) is 2. The lowest BCUT2D eigenvalue weighted by Gasteiger charge is -2.19. The molecule has 2 N–H and O–H groups in total. The number of anilines is 2. The van der Waals surface area contributed by atoms with Crippen LogP contribution in [-0.4, -0.2) is 45.0 Å². The Morgan fingerprint density at radius 3 is 2.71 bits per heavy atom. The van der Waals surface area contributed by atoms with E-state index < -0.39 is 0 Å². The molecule has 8 heteroatoms. The molecule has 1 fully saturated rings. The second kappa shape index (κ2) is 9.45. The van der Waals surface area contributed by atoms with Gasteiger partial charge in [0, 0.05) is 54.8 Å². The van der Waals surface area contributed by atoms with Crippen LogP contribution in [0, 0.1) is 11.8 Å². The van der Waals surface area contributed by atoms with E-state index in [1.165, 1.54) is 0 Å². The fraction of sp³-hybridized carbons (Fsp3) is 0.267. The molecule has 2 aromatic heterocycles. The van der Waals surface area contributed by atoms with Gasteiger partial charge in [-0.15, -0.1) is 0 Å². The molecule has 2 amide bonds. The van der Waals surface area contributed by atoms with Crippen molar-refractivity contribution < 1.29 is 14.4 Å². The first-order chi connectivity index (χ1) is 18.4. The maximum atomic E-state index is 13.0. The van der Waals surface area contributed by atoms with Gasteiger partial charge in [0.2, 0.25) is 0 Å². The standard InChI is InChI=1S/C30H29N5O3/c1-18(19(2)36)22-11-13-34(17-22)30(38)20-3-6-24(7-4-20)33-26-9-10-27(35-14-12-31-28(26)35)21-5-8-25-23(15-21)16-32-29(25)37/h3-10,12,14-15,18,22,33H,11,13,16-17H2,1-2H3,(H,32,37). The Balaban J connectivity index is 1.19. The summed E-state index contributed by atoms with van der Waals surface area (Å²) in [5.41, 5.74) is 6.83. The van der Waals surface area contributed by atoms with E-state index in [0.717, 1.165) is 45.8 Å². The lowest BCUT2D eigenvalue weighted by atomic mass is 9.90. The molecular weight excluding hydrogens is 478 g/mol. The van der Waals surface area contributed by atoms with Gasteiger partial charge >= 0.3 is 0 Å². The molecule has 38 heavy (non-hydrogen) atoms. The van der Waals surface area contributed by atoms with Gasteiger partial charge in [0.25, 0.3) is 11.8 Å². The lowest BCUT2D eigenvalue weighted by molar-refractivity contribution is -0.121. The van der Waals surface area contributed by atoms with Gasteiger partial charge < -0.3 is 15.5 Å². The van der Waals surface area contributed by atoms with Crippen molar-refractivity contribution in [3.05, 3.63) is 83.7 Å². The van der Waals surface area contributed by atoms with E-state index in [-0.39, 0.29) is 29.4 Å². The number of imidazole rings is 1. The van der Waals surface area contributed by atoms with Gasteiger partial charge in [0.1, 0.15) is 5.78 Å². The molecule has 4 heterocycles. The highest BCUT2D eigenvalue weighted by Gasteiger charge is 2.32. The summed E-state index contributed by atoms with van der Waals surface area (Å²) >= 11 is 0. The molecule has 6 rings (SSSR count). The van der Waals surface area contributed by atoms with Gasteiger partial charge in [-0.05, 0) is 78.9 Å². The largest absolute Gasteiger partial charge is 0.352 e. The highest BCUT2D eigenvalue weighted by molar-refractivity contribution is 5.99. The van der Waals surface area contributed by atoms with Crippen LogP contribution in [0.3, 0.4) is 0 Å². The van der Waals surface area contributed by atoms with Crippen LogP contribution in [0.25, 0.3) is 16.9 Å².